The van der Waals surface area contributed by atoms with Gasteiger partial charge in [-0.2, -0.15) is 0 Å². The maximum absolute atomic E-state index is 11.3. The van der Waals surface area contributed by atoms with Gasteiger partial charge < -0.3 is 13.9 Å². The van der Waals surface area contributed by atoms with E-state index in [1.165, 1.54) is 17.3 Å². The third-order valence-electron chi connectivity index (χ3n) is 5.34. The standard InChI is InChI=1S/C22H19NO4/c1-13-6-7-14-11-17(20-12-15-4-2-3-5-18(15)26-20)23(16(14)10-13)21-9-8-19(27-21)22(24)25/h2-5,8-9,11-13H,6-7,10H2,1H3,(H,24,25). The fourth-order valence-corrected chi connectivity index (χ4v) is 3.98. The molecule has 1 unspecified atom stereocenters. The fraction of sp³-hybridized carbons (Fsp3) is 0.227. The lowest BCUT2D eigenvalue weighted by Gasteiger charge is -2.20. The number of aryl methyl sites for hydroxylation is 1. The van der Waals surface area contributed by atoms with Crippen LogP contribution in [0.5, 0.6) is 0 Å². The number of para-hydroxylation sites is 1. The van der Waals surface area contributed by atoms with Crippen LogP contribution in [0, 0.1) is 5.92 Å². The summed E-state index contributed by atoms with van der Waals surface area (Å²) in [6.07, 6.45) is 3.08. The van der Waals surface area contributed by atoms with E-state index in [2.05, 4.69) is 13.0 Å². The molecule has 0 fully saturated rings. The van der Waals surface area contributed by atoms with Crippen molar-refractivity contribution < 1.29 is 18.7 Å². The number of benzene rings is 1. The van der Waals surface area contributed by atoms with Crippen molar-refractivity contribution >= 4 is 16.9 Å². The van der Waals surface area contributed by atoms with Crippen molar-refractivity contribution in [3.05, 3.63) is 65.5 Å². The van der Waals surface area contributed by atoms with E-state index in [9.17, 15) is 9.90 Å². The van der Waals surface area contributed by atoms with E-state index in [1.807, 2.05) is 34.9 Å². The molecule has 3 heterocycles. The van der Waals surface area contributed by atoms with Crippen LogP contribution < -0.4 is 0 Å². The highest BCUT2D eigenvalue weighted by Gasteiger charge is 2.26. The fourth-order valence-electron chi connectivity index (χ4n) is 3.98. The van der Waals surface area contributed by atoms with Crippen LogP contribution in [-0.2, 0) is 12.8 Å². The van der Waals surface area contributed by atoms with Crippen LogP contribution in [-0.4, -0.2) is 15.6 Å². The van der Waals surface area contributed by atoms with Crippen LogP contribution >= 0.6 is 0 Å². The minimum Gasteiger partial charge on any atom is -0.475 e. The van der Waals surface area contributed by atoms with Crippen molar-refractivity contribution in [3.8, 4) is 17.3 Å². The Morgan fingerprint density at radius 1 is 1.15 bits per heavy atom. The van der Waals surface area contributed by atoms with Gasteiger partial charge in [-0.05, 0) is 55.0 Å². The first-order valence-electron chi connectivity index (χ1n) is 9.16. The van der Waals surface area contributed by atoms with E-state index >= 15 is 0 Å². The molecule has 1 N–H and O–H groups in total. The van der Waals surface area contributed by atoms with Gasteiger partial charge in [-0.1, -0.05) is 25.1 Å². The highest BCUT2D eigenvalue weighted by Crippen LogP contribution is 2.37. The van der Waals surface area contributed by atoms with Crippen molar-refractivity contribution in [1.29, 1.82) is 0 Å². The van der Waals surface area contributed by atoms with Crippen LogP contribution in [0.1, 0.15) is 35.2 Å². The summed E-state index contributed by atoms with van der Waals surface area (Å²) in [5, 5.41) is 10.3. The Hall–Kier alpha value is -3.21. The molecule has 1 aliphatic carbocycles. The summed E-state index contributed by atoms with van der Waals surface area (Å²) in [5.41, 5.74) is 4.18. The minimum absolute atomic E-state index is 0.0631. The smallest absolute Gasteiger partial charge is 0.371 e. The minimum atomic E-state index is -1.07. The molecule has 5 rings (SSSR count). The molecule has 0 aliphatic heterocycles. The number of nitrogens with zero attached hydrogens (tertiary/aromatic N) is 1. The van der Waals surface area contributed by atoms with Crippen LogP contribution in [0.25, 0.3) is 28.3 Å². The van der Waals surface area contributed by atoms with Crippen molar-refractivity contribution in [2.45, 2.75) is 26.2 Å². The predicted molar refractivity (Wildman–Crippen MR) is 101 cm³/mol. The molecule has 0 amide bonds. The quantitative estimate of drug-likeness (QED) is 0.537. The van der Waals surface area contributed by atoms with Gasteiger partial charge in [0.2, 0.25) is 11.6 Å². The summed E-state index contributed by atoms with van der Waals surface area (Å²) in [6.45, 7) is 2.24. The molecule has 1 aliphatic rings. The molecule has 0 saturated carbocycles. The Bertz CT molecular complexity index is 1130. The number of hydrogen-bond donors (Lipinski definition) is 1. The Morgan fingerprint density at radius 2 is 2.00 bits per heavy atom. The van der Waals surface area contributed by atoms with Crippen LogP contribution in [0.4, 0.5) is 0 Å². The molecule has 4 aromatic rings. The highest BCUT2D eigenvalue weighted by atomic mass is 16.4. The zero-order valence-corrected chi connectivity index (χ0v) is 14.9. The van der Waals surface area contributed by atoms with Crippen molar-refractivity contribution in [2.75, 3.05) is 0 Å². The van der Waals surface area contributed by atoms with Gasteiger partial charge >= 0.3 is 5.97 Å². The molecule has 0 spiro atoms. The molecule has 5 nitrogen and oxygen atoms in total. The summed E-state index contributed by atoms with van der Waals surface area (Å²) < 4.78 is 13.8. The van der Waals surface area contributed by atoms with E-state index in [4.69, 9.17) is 8.83 Å². The summed E-state index contributed by atoms with van der Waals surface area (Å²) in [4.78, 5) is 11.3. The second kappa shape index (κ2) is 5.91. The summed E-state index contributed by atoms with van der Waals surface area (Å²) >= 11 is 0. The van der Waals surface area contributed by atoms with Gasteiger partial charge in [0.15, 0.2) is 5.76 Å². The van der Waals surface area contributed by atoms with Gasteiger partial charge in [-0.3, -0.25) is 4.57 Å². The number of rotatable bonds is 3. The van der Waals surface area contributed by atoms with Crippen molar-refractivity contribution in [2.24, 2.45) is 5.92 Å². The normalized spacial score (nSPS) is 16.6. The molecular formula is C22H19NO4. The zero-order valence-electron chi connectivity index (χ0n) is 14.9. The van der Waals surface area contributed by atoms with Gasteiger partial charge in [-0.15, -0.1) is 0 Å². The second-order valence-corrected chi connectivity index (χ2v) is 7.28. The largest absolute Gasteiger partial charge is 0.475 e. The number of fused-ring (bicyclic) bond motifs is 2. The molecular weight excluding hydrogens is 342 g/mol. The highest BCUT2D eigenvalue weighted by molar-refractivity contribution is 5.85. The second-order valence-electron chi connectivity index (χ2n) is 7.28. The predicted octanol–water partition coefficient (Wildman–Crippen LogP) is 5.31. The SMILES string of the molecule is CC1CCc2cc(-c3cc4ccccc4o3)n(-c3ccc(C(=O)O)o3)c2C1. The first-order valence-corrected chi connectivity index (χ1v) is 9.16. The van der Waals surface area contributed by atoms with E-state index in [1.54, 1.807) is 6.07 Å². The average molecular weight is 361 g/mol. The third kappa shape index (κ3) is 2.58. The molecule has 5 heteroatoms. The Kier molecular flexibility index (Phi) is 3.50. The van der Waals surface area contributed by atoms with Crippen molar-refractivity contribution in [1.82, 2.24) is 4.57 Å². The molecule has 0 bridgehead atoms. The number of carboxylic acids is 1. The average Bonchev–Trinajstić information content (AvgIpc) is 3.36. The molecule has 3 aromatic heterocycles. The Morgan fingerprint density at radius 3 is 2.78 bits per heavy atom. The number of carboxylic acid groups (broad SMARTS) is 1. The monoisotopic (exact) mass is 361 g/mol. The summed E-state index contributed by atoms with van der Waals surface area (Å²) in [6, 6.07) is 15.3. The number of hydrogen-bond acceptors (Lipinski definition) is 3. The lowest BCUT2D eigenvalue weighted by Crippen LogP contribution is -2.13. The summed E-state index contributed by atoms with van der Waals surface area (Å²) in [7, 11) is 0. The zero-order chi connectivity index (χ0) is 18.5. The number of aromatic nitrogens is 1. The van der Waals surface area contributed by atoms with E-state index < -0.39 is 5.97 Å². The first-order chi connectivity index (χ1) is 13.1. The molecule has 1 atom stereocenters. The van der Waals surface area contributed by atoms with Crippen LogP contribution in [0.15, 0.2) is 57.4 Å². The first kappa shape index (κ1) is 16.0. The van der Waals surface area contributed by atoms with Gasteiger partial charge in [-0.25, -0.2) is 4.79 Å². The number of aromatic carboxylic acids is 1. The van der Waals surface area contributed by atoms with Crippen LogP contribution in [0.2, 0.25) is 0 Å². The van der Waals surface area contributed by atoms with Gasteiger partial charge in [0.05, 0.1) is 5.69 Å². The van der Waals surface area contributed by atoms with Crippen LogP contribution in [0.3, 0.4) is 0 Å². The maximum Gasteiger partial charge on any atom is 0.371 e. The summed E-state index contributed by atoms with van der Waals surface area (Å²) in [5.74, 6) is 0.709. The maximum atomic E-state index is 11.3. The van der Waals surface area contributed by atoms with Gasteiger partial charge in [0.25, 0.3) is 0 Å². The van der Waals surface area contributed by atoms with E-state index in [-0.39, 0.29) is 5.76 Å². The van der Waals surface area contributed by atoms with E-state index in [0.717, 1.165) is 41.7 Å². The Balaban J connectivity index is 1.73. The molecule has 0 radical (unpaired) electrons. The lowest BCUT2D eigenvalue weighted by atomic mass is 9.89. The third-order valence-corrected chi connectivity index (χ3v) is 5.34. The van der Waals surface area contributed by atoms with Gasteiger partial charge in [0.1, 0.15) is 5.58 Å². The van der Waals surface area contributed by atoms with Crippen molar-refractivity contribution in [3.63, 3.8) is 0 Å². The lowest BCUT2D eigenvalue weighted by molar-refractivity contribution is 0.0662. The van der Waals surface area contributed by atoms with E-state index in [0.29, 0.717) is 11.8 Å². The Labute approximate surface area is 155 Å². The topological polar surface area (TPSA) is 68.5 Å². The number of furan rings is 2. The number of carbonyl (C=O) groups is 1. The molecule has 136 valence electrons. The molecule has 1 aromatic carbocycles. The molecule has 0 saturated heterocycles. The molecule has 27 heavy (non-hydrogen) atoms. The van der Waals surface area contributed by atoms with Gasteiger partial charge in [0, 0.05) is 17.1 Å².